The van der Waals surface area contributed by atoms with E-state index in [1.807, 2.05) is 58.9 Å². The molecule has 2 bridgehead atoms. The second kappa shape index (κ2) is 13.5. The van der Waals surface area contributed by atoms with Crippen LogP contribution in [0.25, 0.3) is 0 Å². The van der Waals surface area contributed by atoms with E-state index in [0.29, 0.717) is 25.4 Å². The molecule has 3 heterocycles. The lowest BCUT2D eigenvalue weighted by Crippen LogP contribution is -2.61. The molecule has 8 atom stereocenters. The summed E-state index contributed by atoms with van der Waals surface area (Å²) in [7, 11) is 0. The van der Waals surface area contributed by atoms with Gasteiger partial charge in [-0.2, -0.15) is 0 Å². The van der Waals surface area contributed by atoms with Crippen LogP contribution in [0, 0.1) is 23.7 Å². The highest BCUT2D eigenvalue weighted by Gasteiger charge is 2.77. The molecule has 1 N–H and O–H groups in total. The minimum absolute atomic E-state index is 0.0286. The van der Waals surface area contributed by atoms with Crippen molar-refractivity contribution in [3.05, 3.63) is 49.6 Å². The average molecular weight is 612 g/mol. The predicted molar refractivity (Wildman–Crippen MR) is 173 cm³/mol. The number of fused-ring (bicyclic) bond motifs is 1. The van der Waals surface area contributed by atoms with Crippen molar-refractivity contribution in [2.75, 3.05) is 31.2 Å². The number of anilines is 1. The van der Waals surface area contributed by atoms with Crippen LogP contribution < -0.4 is 9.64 Å². The topological polar surface area (TPSA) is 90.4 Å². The van der Waals surface area contributed by atoms with Crippen LogP contribution in [0.5, 0.6) is 5.75 Å². The van der Waals surface area contributed by atoms with Gasteiger partial charge in [-0.05, 0) is 63.3 Å². The number of aliphatic hydroxyl groups is 1. The Morgan fingerprint density at radius 2 is 1.79 bits per heavy atom. The number of aliphatic hydroxyl groups excluding tert-OH is 1. The highest BCUT2D eigenvalue weighted by Crippen LogP contribution is 2.69. The molecule has 1 spiro atoms. The number of amides is 3. The number of hydrogen-bond donors (Lipinski definition) is 1. The van der Waals surface area contributed by atoms with Gasteiger partial charge in [0.1, 0.15) is 11.8 Å². The van der Waals surface area contributed by atoms with Gasteiger partial charge in [0, 0.05) is 30.1 Å². The monoisotopic (exact) mass is 611 g/mol. The van der Waals surface area contributed by atoms with Crippen molar-refractivity contribution in [2.45, 2.75) is 82.5 Å². The molecule has 4 rings (SSSR count). The Kier molecular flexibility index (Phi) is 10.4. The van der Waals surface area contributed by atoms with Crippen LogP contribution in [0.4, 0.5) is 5.69 Å². The summed E-state index contributed by atoms with van der Waals surface area (Å²) in [6.07, 6.45) is 4.89. The number of hydrogen-bond acceptors (Lipinski definition) is 6. The number of ether oxygens (including phenoxy) is 1. The summed E-state index contributed by atoms with van der Waals surface area (Å²) in [5, 5.41) is 10.6. The van der Waals surface area contributed by atoms with Crippen molar-refractivity contribution < 1.29 is 24.2 Å². The molecule has 3 amide bonds. The van der Waals surface area contributed by atoms with Crippen molar-refractivity contribution in [2.24, 2.45) is 23.7 Å². The molecule has 1 aromatic rings. The molecule has 3 unspecified atom stereocenters. The minimum Gasteiger partial charge on any atom is -0.494 e. The van der Waals surface area contributed by atoms with Gasteiger partial charge in [-0.3, -0.25) is 14.4 Å². The Labute approximate surface area is 261 Å². The zero-order chi connectivity index (χ0) is 31.6. The summed E-state index contributed by atoms with van der Waals surface area (Å²) in [4.78, 5) is 49.1. The van der Waals surface area contributed by atoms with Crippen molar-refractivity contribution in [1.82, 2.24) is 9.80 Å². The molecule has 8 nitrogen and oxygen atoms in total. The maximum atomic E-state index is 14.8. The van der Waals surface area contributed by atoms with Crippen LogP contribution in [0.2, 0.25) is 0 Å². The van der Waals surface area contributed by atoms with Crippen LogP contribution >= 0.6 is 11.8 Å². The smallest absolute Gasteiger partial charge is 0.247 e. The first kappa shape index (κ1) is 33.1. The second-order valence-corrected chi connectivity index (χ2v) is 14.0. The lowest BCUT2D eigenvalue weighted by Gasteiger charge is -2.43. The van der Waals surface area contributed by atoms with Crippen LogP contribution in [-0.4, -0.2) is 87.1 Å². The number of rotatable bonds is 14. The maximum Gasteiger partial charge on any atom is 0.247 e. The summed E-state index contributed by atoms with van der Waals surface area (Å²) in [5.41, 5.74) is 0.711. The van der Waals surface area contributed by atoms with Gasteiger partial charge in [0.05, 0.1) is 35.8 Å². The van der Waals surface area contributed by atoms with Crippen molar-refractivity contribution >= 4 is 35.2 Å². The van der Waals surface area contributed by atoms with Crippen molar-refractivity contribution in [1.29, 1.82) is 0 Å². The molecule has 3 fully saturated rings. The number of carbonyl (C=O) groups excluding carboxylic acids is 3. The fourth-order valence-corrected chi connectivity index (χ4v) is 9.96. The number of nitrogens with zero attached hydrogens (tertiary/aromatic N) is 3. The molecule has 9 heteroatoms. The Balaban J connectivity index is 1.83. The molecule has 3 aliphatic heterocycles. The molecule has 0 aliphatic carbocycles. The highest BCUT2D eigenvalue weighted by molar-refractivity contribution is 8.02. The molecule has 3 saturated heterocycles. The van der Waals surface area contributed by atoms with Crippen LogP contribution in [0.1, 0.15) is 54.4 Å². The molecule has 236 valence electrons. The predicted octanol–water partition coefficient (Wildman–Crippen LogP) is 4.77. The molecule has 43 heavy (non-hydrogen) atoms. The van der Waals surface area contributed by atoms with Crippen LogP contribution in [0.3, 0.4) is 0 Å². The Hall–Kier alpha value is -2.78. The van der Waals surface area contributed by atoms with Gasteiger partial charge in [-0.15, -0.1) is 24.9 Å². The quantitative estimate of drug-likeness (QED) is 0.305. The summed E-state index contributed by atoms with van der Waals surface area (Å²) >= 11 is 1.66. The van der Waals surface area contributed by atoms with E-state index < -0.39 is 28.7 Å². The molecule has 0 saturated carbocycles. The first-order valence-electron chi connectivity index (χ1n) is 15.7. The number of thioether (sulfide) groups is 1. The van der Waals surface area contributed by atoms with Gasteiger partial charge in [-0.1, -0.05) is 39.3 Å². The molecular weight excluding hydrogens is 562 g/mol. The summed E-state index contributed by atoms with van der Waals surface area (Å²) in [6, 6.07) is 6.00. The first-order valence-corrected chi connectivity index (χ1v) is 16.6. The fraction of sp³-hybridized carbons (Fsp3) is 0.618. The zero-order valence-electron chi connectivity index (χ0n) is 26.6. The fourth-order valence-electron chi connectivity index (χ4n) is 7.56. The summed E-state index contributed by atoms with van der Waals surface area (Å²) in [6.45, 7) is 20.8. The van der Waals surface area contributed by atoms with E-state index in [9.17, 15) is 19.5 Å². The molecule has 1 aromatic carbocycles. The van der Waals surface area contributed by atoms with E-state index in [0.717, 1.165) is 18.6 Å². The minimum atomic E-state index is -0.778. The SMILES string of the molecule is C=CCN(C(=O)[C@@H]1[C@H]2C(=O)N([C@@H](CO)[C@@H](C)CC)C(C(=O)N(CC=C)C(C)C)C23S[C@@H]1CC3C)c1ccc(OCC)cc1. The lowest BCUT2D eigenvalue weighted by atomic mass is 9.65. The number of benzene rings is 1. The Bertz CT molecular complexity index is 1200. The van der Waals surface area contributed by atoms with E-state index >= 15 is 0 Å². The third-order valence-electron chi connectivity index (χ3n) is 9.82. The Morgan fingerprint density at radius 1 is 1.14 bits per heavy atom. The van der Waals surface area contributed by atoms with E-state index in [1.165, 1.54) is 0 Å². The van der Waals surface area contributed by atoms with Gasteiger partial charge in [0.15, 0.2) is 0 Å². The van der Waals surface area contributed by atoms with Gasteiger partial charge < -0.3 is 24.5 Å². The normalized spacial score (nSPS) is 28.9. The van der Waals surface area contributed by atoms with E-state index in [2.05, 4.69) is 20.1 Å². The van der Waals surface area contributed by atoms with Gasteiger partial charge >= 0.3 is 0 Å². The van der Waals surface area contributed by atoms with Crippen LogP contribution in [-0.2, 0) is 14.4 Å². The van der Waals surface area contributed by atoms with E-state index in [-0.39, 0.29) is 47.5 Å². The largest absolute Gasteiger partial charge is 0.494 e. The Morgan fingerprint density at radius 3 is 2.33 bits per heavy atom. The average Bonchev–Trinajstić information content (AvgIpc) is 3.58. The number of carbonyl (C=O) groups is 3. The third-order valence-corrected chi connectivity index (χ3v) is 11.9. The molecule has 0 radical (unpaired) electrons. The van der Waals surface area contributed by atoms with Crippen LogP contribution in [0.15, 0.2) is 49.6 Å². The summed E-state index contributed by atoms with van der Waals surface area (Å²) < 4.78 is 4.83. The van der Waals surface area contributed by atoms with Crippen molar-refractivity contribution in [3.63, 3.8) is 0 Å². The van der Waals surface area contributed by atoms with Gasteiger partial charge in [0.2, 0.25) is 17.7 Å². The highest BCUT2D eigenvalue weighted by atomic mass is 32.2. The molecular formula is C34H49N3O5S. The number of likely N-dealkylation sites (tertiary alicyclic amines) is 1. The third kappa shape index (κ3) is 5.52. The molecule has 3 aliphatic rings. The van der Waals surface area contributed by atoms with E-state index in [4.69, 9.17) is 4.74 Å². The molecule has 0 aromatic heterocycles. The van der Waals surface area contributed by atoms with Crippen molar-refractivity contribution in [3.8, 4) is 5.75 Å². The van der Waals surface area contributed by atoms with Gasteiger partial charge in [0.25, 0.3) is 0 Å². The first-order chi connectivity index (χ1) is 20.5. The van der Waals surface area contributed by atoms with Gasteiger partial charge in [-0.25, -0.2) is 0 Å². The second-order valence-electron chi connectivity index (χ2n) is 12.5. The zero-order valence-corrected chi connectivity index (χ0v) is 27.4. The summed E-state index contributed by atoms with van der Waals surface area (Å²) in [5.74, 6) is -0.983. The standard InChI is InChI=1S/C34H49N3O5S/c1-9-17-35(21(5)6)33(41)30-34-23(8)19-27(43-34)28(29(34)32(40)37(30)26(20-38)22(7)11-3)31(39)36(18-10-2)24-13-15-25(16-14-24)42-12-4/h9-10,13-16,21-23,26-30,38H,1-2,11-12,17-20H2,3-8H3/t22-,23?,26-,27+,28-,29-,30?,34?/m0/s1. The maximum absolute atomic E-state index is 14.8. The lowest BCUT2D eigenvalue weighted by molar-refractivity contribution is -0.147. The van der Waals surface area contributed by atoms with E-state index in [1.54, 1.807) is 38.6 Å².